The number of morpholine rings is 1. The summed E-state index contributed by atoms with van der Waals surface area (Å²) in [5, 5.41) is 11.8. The summed E-state index contributed by atoms with van der Waals surface area (Å²) in [6.07, 6.45) is 1.82. The highest BCUT2D eigenvalue weighted by atomic mass is 32.2. The van der Waals surface area contributed by atoms with Crippen LogP contribution in [0.1, 0.15) is 6.92 Å². The Morgan fingerprint density at radius 1 is 1.45 bits per heavy atom. The van der Waals surface area contributed by atoms with E-state index in [1.165, 1.54) is 11.8 Å². The van der Waals surface area contributed by atoms with Crippen LogP contribution in [-0.4, -0.2) is 54.1 Å². The normalized spacial score (nSPS) is 15.2. The fourth-order valence-corrected chi connectivity index (χ4v) is 2.24. The van der Waals surface area contributed by atoms with Crippen LogP contribution in [0.25, 0.3) is 0 Å². The molecule has 0 spiro atoms. The van der Waals surface area contributed by atoms with E-state index in [4.69, 9.17) is 9.47 Å². The maximum Gasteiger partial charge on any atom is 0.373 e. The minimum absolute atomic E-state index is 0.0262. The van der Waals surface area contributed by atoms with Gasteiger partial charge in [-0.15, -0.1) is 0 Å². The molecule has 2 heterocycles. The Hall–Kier alpha value is -1.61. The molecule has 0 amide bonds. The van der Waals surface area contributed by atoms with Gasteiger partial charge in [-0.1, -0.05) is 11.8 Å². The fourth-order valence-electron chi connectivity index (χ4n) is 1.89. The first kappa shape index (κ1) is 14.8. The van der Waals surface area contributed by atoms with Crippen LogP contribution in [0.15, 0.2) is 5.16 Å². The molecule has 1 aliphatic heterocycles. The van der Waals surface area contributed by atoms with Gasteiger partial charge >= 0.3 is 11.6 Å². The maximum atomic E-state index is 11.3. The zero-order chi connectivity index (χ0) is 14.5. The molecule has 1 saturated heterocycles. The summed E-state index contributed by atoms with van der Waals surface area (Å²) >= 11 is 1.32. The molecule has 0 unspecified atom stereocenters. The lowest BCUT2D eigenvalue weighted by Gasteiger charge is -2.27. The Morgan fingerprint density at radius 2 is 2.15 bits per heavy atom. The first-order valence-corrected chi connectivity index (χ1v) is 7.45. The van der Waals surface area contributed by atoms with Crippen molar-refractivity contribution >= 4 is 23.3 Å². The smallest absolute Gasteiger partial charge is 0.373 e. The summed E-state index contributed by atoms with van der Waals surface area (Å²) in [6.45, 7) is 4.27. The van der Waals surface area contributed by atoms with Crippen LogP contribution in [-0.2, 0) is 4.74 Å². The predicted octanol–water partition coefficient (Wildman–Crippen LogP) is 1.34. The lowest BCUT2D eigenvalue weighted by molar-refractivity contribution is -0.385. The summed E-state index contributed by atoms with van der Waals surface area (Å²) in [5.74, 6) is 0.333. The van der Waals surface area contributed by atoms with E-state index >= 15 is 0 Å². The molecule has 1 aromatic rings. The molecule has 8 nitrogen and oxygen atoms in total. The zero-order valence-corrected chi connectivity index (χ0v) is 12.2. The van der Waals surface area contributed by atoms with Gasteiger partial charge in [-0.05, 0) is 13.2 Å². The highest BCUT2D eigenvalue weighted by Crippen LogP contribution is 2.36. The first-order valence-electron chi connectivity index (χ1n) is 6.23. The number of aromatic nitrogens is 2. The number of nitrogens with zero attached hydrogens (tertiary/aromatic N) is 4. The van der Waals surface area contributed by atoms with Crippen LogP contribution in [0.4, 0.5) is 11.5 Å². The van der Waals surface area contributed by atoms with Crippen molar-refractivity contribution in [3.05, 3.63) is 10.1 Å². The molecular formula is C11H16N4O4S. The van der Waals surface area contributed by atoms with Gasteiger partial charge < -0.3 is 14.4 Å². The second-order valence-electron chi connectivity index (χ2n) is 3.98. The average molecular weight is 300 g/mol. The third kappa shape index (κ3) is 3.10. The Kier molecular flexibility index (Phi) is 4.96. The van der Waals surface area contributed by atoms with E-state index in [1.807, 2.05) is 11.2 Å². The van der Waals surface area contributed by atoms with Crippen molar-refractivity contribution in [2.75, 3.05) is 44.1 Å². The van der Waals surface area contributed by atoms with E-state index < -0.39 is 4.92 Å². The van der Waals surface area contributed by atoms with Crippen molar-refractivity contribution in [1.82, 2.24) is 9.97 Å². The van der Waals surface area contributed by atoms with Gasteiger partial charge in [0.15, 0.2) is 5.16 Å². The van der Waals surface area contributed by atoms with E-state index in [-0.39, 0.29) is 11.6 Å². The maximum absolute atomic E-state index is 11.3. The SMILES string of the molecule is CCOc1nc(SC)nc(N2CCOCC2)c1[N+](=O)[O-]. The van der Waals surface area contributed by atoms with E-state index in [0.29, 0.717) is 43.9 Å². The molecular weight excluding hydrogens is 284 g/mol. The number of nitro groups is 1. The van der Waals surface area contributed by atoms with Gasteiger partial charge in [-0.2, -0.15) is 9.97 Å². The summed E-state index contributed by atoms with van der Waals surface area (Å²) in [5.41, 5.74) is -0.174. The van der Waals surface area contributed by atoms with Crippen LogP contribution < -0.4 is 9.64 Å². The topological polar surface area (TPSA) is 90.6 Å². The lowest BCUT2D eigenvalue weighted by Crippen LogP contribution is -2.37. The van der Waals surface area contributed by atoms with Gasteiger partial charge in [0.2, 0.25) is 5.82 Å². The molecule has 2 rings (SSSR count). The van der Waals surface area contributed by atoms with Crippen LogP contribution >= 0.6 is 11.8 Å². The van der Waals surface area contributed by atoms with Crippen LogP contribution in [0.2, 0.25) is 0 Å². The number of anilines is 1. The van der Waals surface area contributed by atoms with E-state index in [9.17, 15) is 10.1 Å². The van der Waals surface area contributed by atoms with Gasteiger partial charge in [-0.3, -0.25) is 10.1 Å². The molecule has 0 saturated carbocycles. The van der Waals surface area contributed by atoms with Gasteiger partial charge in [0.25, 0.3) is 0 Å². The van der Waals surface area contributed by atoms with Gasteiger partial charge in [0.1, 0.15) is 0 Å². The molecule has 0 atom stereocenters. The van der Waals surface area contributed by atoms with Crippen molar-refractivity contribution in [3.63, 3.8) is 0 Å². The molecule has 9 heteroatoms. The number of ether oxygens (including phenoxy) is 2. The molecule has 0 bridgehead atoms. The molecule has 1 aliphatic rings. The molecule has 0 radical (unpaired) electrons. The van der Waals surface area contributed by atoms with E-state index in [2.05, 4.69) is 9.97 Å². The highest BCUT2D eigenvalue weighted by Gasteiger charge is 2.30. The van der Waals surface area contributed by atoms with Gasteiger partial charge in [-0.25, -0.2) is 0 Å². The molecule has 0 N–H and O–H groups in total. The molecule has 1 aromatic heterocycles. The summed E-state index contributed by atoms with van der Waals surface area (Å²) in [6, 6.07) is 0. The van der Waals surface area contributed by atoms with E-state index in [0.717, 1.165) is 0 Å². The van der Waals surface area contributed by atoms with Crippen molar-refractivity contribution in [3.8, 4) is 5.88 Å². The Morgan fingerprint density at radius 3 is 2.70 bits per heavy atom. The molecule has 0 aromatic carbocycles. The molecule has 110 valence electrons. The molecule has 1 fully saturated rings. The zero-order valence-electron chi connectivity index (χ0n) is 11.4. The quantitative estimate of drug-likeness (QED) is 0.348. The van der Waals surface area contributed by atoms with Crippen LogP contribution in [0.3, 0.4) is 0 Å². The van der Waals surface area contributed by atoms with E-state index in [1.54, 1.807) is 6.92 Å². The predicted molar refractivity (Wildman–Crippen MR) is 74.7 cm³/mol. The lowest BCUT2D eigenvalue weighted by atomic mass is 10.3. The van der Waals surface area contributed by atoms with Crippen molar-refractivity contribution in [2.45, 2.75) is 12.1 Å². The third-order valence-corrected chi connectivity index (χ3v) is 3.32. The summed E-state index contributed by atoms with van der Waals surface area (Å²) < 4.78 is 10.6. The average Bonchev–Trinajstić information content (AvgIpc) is 2.47. The second-order valence-corrected chi connectivity index (χ2v) is 4.75. The Balaban J connectivity index is 2.49. The Labute approximate surface area is 120 Å². The van der Waals surface area contributed by atoms with Crippen molar-refractivity contribution < 1.29 is 14.4 Å². The number of thioether (sulfide) groups is 1. The number of hydrogen-bond acceptors (Lipinski definition) is 8. The largest absolute Gasteiger partial charge is 0.473 e. The minimum Gasteiger partial charge on any atom is -0.473 e. The van der Waals surface area contributed by atoms with Crippen molar-refractivity contribution in [2.24, 2.45) is 0 Å². The van der Waals surface area contributed by atoms with Crippen LogP contribution in [0, 0.1) is 10.1 Å². The standard InChI is InChI=1S/C11H16N4O4S/c1-3-19-10-8(15(16)17)9(12-11(13-10)20-2)14-4-6-18-7-5-14/h3-7H2,1-2H3. The van der Waals surface area contributed by atoms with Crippen molar-refractivity contribution in [1.29, 1.82) is 0 Å². The van der Waals surface area contributed by atoms with Gasteiger partial charge in [0.05, 0.1) is 24.7 Å². The highest BCUT2D eigenvalue weighted by molar-refractivity contribution is 7.98. The summed E-state index contributed by atoms with van der Waals surface area (Å²) in [7, 11) is 0. The third-order valence-electron chi connectivity index (χ3n) is 2.77. The van der Waals surface area contributed by atoms with Crippen LogP contribution in [0.5, 0.6) is 5.88 Å². The Bertz CT molecular complexity index is 494. The first-order chi connectivity index (χ1) is 9.67. The minimum atomic E-state index is -0.486. The summed E-state index contributed by atoms with van der Waals surface area (Å²) in [4.78, 5) is 21.1. The molecule has 0 aliphatic carbocycles. The fraction of sp³-hybridized carbons (Fsp3) is 0.636. The van der Waals surface area contributed by atoms with Gasteiger partial charge in [0, 0.05) is 13.1 Å². The molecule has 20 heavy (non-hydrogen) atoms. The second kappa shape index (κ2) is 6.71. The number of rotatable bonds is 5. The number of hydrogen-bond donors (Lipinski definition) is 0. The monoisotopic (exact) mass is 300 g/mol.